The van der Waals surface area contributed by atoms with E-state index in [1.165, 1.54) is 18.1 Å². The van der Waals surface area contributed by atoms with Crippen LogP contribution in [0.15, 0.2) is 12.1 Å². The van der Waals surface area contributed by atoms with Crippen LogP contribution in [0.3, 0.4) is 0 Å². The summed E-state index contributed by atoms with van der Waals surface area (Å²) in [7, 11) is 0. The lowest BCUT2D eigenvalue weighted by molar-refractivity contribution is 0.107. The van der Waals surface area contributed by atoms with E-state index in [4.69, 9.17) is 16.3 Å². The third-order valence-electron chi connectivity index (χ3n) is 3.17. The van der Waals surface area contributed by atoms with E-state index in [2.05, 4.69) is 14.1 Å². The molecule has 0 amide bonds. The van der Waals surface area contributed by atoms with E-state index in [9.17, 15) is 0 Å². The number of hydrogen-bond donors (Lipinski definition) is 1. The summed E-state index contributed by atoms with van der Waals surface area (Å²) < 4.78 is 14.1. The van der Waals surface area contributed by atoms with Crippen LogP contribution in [0.4, 0.5) is 5.69 Å². The van der Waals surface area contributed by atoms with E-state index >= 15 is 0 Å². The van der Waals surface area contributed by atoms with Gasteiger partial charge in [0.15, 0.2) is 0 Å². The summed E-state index contributed by atoms with van der Waals surface area (Å²) in [6.45, 7) is 1.75. The van der Waals surface area contributed by atoms with Crippen molar-refractivity contribution in [3.8, 4) is 0 Å². The summed E-state index contributed by atoms with van der Waals surface area (Å²) in [4.78, 5) is 0. The Kier molecular flexibility index (Phi) is 3.63. The summed E-state index contributed by atoms with van der Waals surface area (Å²) in [6.07, 6.45) is 3.74. The molecule has 0 radical (unpaired) electrons. The number of rotatable bonds is 4. The first-order valence-electron chi connectivity index (χ1n) is 6.11. The minimum atomic E-state index is 0.393. The second-order valence-electron chi connectivity index (χ2n) is 4.40. The molecule has 0 saturated carbocycles. The maximum absolute atomic E-state index is 6.20. The number of aromatic nitrogens is 2. The van der Waals surface area contributed by atoms with Gasteiger partial charge in [0.2, 0.25) is 0 Å². The Hall–Kier alpha value is -0.910. The molecule has 0 bridgehead atoms. The van der Waals surface area contributed by atoms with Crippen LogP contribution in [0.25, 0.3) is 11.0 Å². The summed E-state index contributed by atoms with van der Waals surface area (Å²) in [6, 6.07) is 3.76. The molecule has 4 nitrogen and oxygen atoms in total. The molecule has 1 aromatic carbocycles. The number of fused-ring (bicyclic) bond motifs is 1. The molecular weight excluding hydrogens is 270 g/mol. The molecule has 3 rings (SSSR count). The topological polar surface area (TPSA) is 47.0 Å². The van der Waals surface area contributed by atoms with Crippen molar-refractivity contribution < 1.29 is 4.74 Å². The largest absolute Gasteiger partial charge is 0.382 e. The number of anilines is 1. The van der Waals surface area contributed by atoms with Gasteiger partial charge in [-0.3, -0.25) is 0 Å². The molecule has 1 aliphatic rings. The molecule has 96 valence electrons. The Morgan fingerprint density at radius 1 is 1.44 bits per heavy atom. The maximum atomic E-state index is 6.20. The van der Waals surface area contributed by atoms with Crippen LogP contribution in [0, 0.1) is 0 Å². The van der Waals surface area contributed by atoms with Gasteiger partial charge < -0.3 is 10.1 Å². The molecule has 1 aliphatic heterocycles. The second kappa shape index (κ2) is 5.38. The van der Waals surface area contributed by atoms with Gasteiger partial charge in [0.25, 0.3) is 0 Å². The molecule has 0 spiro atoms. The van der Waals surface area contributed by atoms with Crippen LogP contribution in [-0.4, -0.2) is 28.0 Å². The first-order valence-corrected chi connectivity index (χ1v) is 7.21. The number of hydrogen-bond acceptors (Lipinski definition) is 5. The number of nitrogens with zero attached hydrogens (tertiary/aromatic N) is 2. The fourth-order valence-corrected chi connectivity index (χ4v) is 2.99. The predicted octanol–water partition coefficient (Wildman–Crippen LogP) is 3.33. The Labute approximate surface area is 115 Å². The van der Waals surface area contributed by atoms with Gasteiger partial charge in [0.05, 0.1) is 28.5 Å². The van der Waals surface area contributed by atoms with Gasteiger partial charge in [-0.1, -0.05) is 11.6 Å². The molecule has 0 aliphatic carbocycles. The summed E-state index contributed by atoms with van der Waals surface area (Å²) in [5, 5.41) is 4.06. The normalized spacial score (nSPS) is 19.5. The highest BCUT2D eigenvalue weighted by atomic mass is 35.5. The molecule has 1 fully saturated rings. The van der Waals surface area contributed by atoms with Crippen molar-refractivity contribution in [3.63, 3.8) is 0 Å². The molecule has 1 unspecified atom stereocenters. The number of nitrogens with one attached hydrogen (secondary N) is 1. The fourth-order valence-electron chi connectivity index (χ4n) is 2.23. The molecule has 18 heavy (non-hydrogen) atoms. The number of benzene rings is 1. The van der Waals surface area contributed by atoms with Gasteiger partial charge in [-0.2, -0.15) is 8.75 Å². The third-order valence-corrected chi connectivity index (χ3v) is 4.03. The zero-order valence-electron chi connectivity index (χ0n) is 9.86. The van der Waals surface area contributed by atoms with Gasteiger partial charge in [0, 0.05) is 13.2 Å². The fraction of sp³-hybridized carbons (Fsp3) is 0.500. The van der Waals surface area contributed by atoms with Crippen molar-refractivity contribution in [2.75, 3.05) is 18.5 Å². The van der Waals surface area contributed by atoms with Crippen LogP contribution in [-0.2, 0) is 4.74 Å². The van der Waals surface area contributed by atoms with Crippen molar-refractivity contribution in [2.45, 2.75) is 25.4 Å². The predicted molar refractivity (Wildman–Crippen MR) is 74.5 cm³/mol. The monoisotopic (exact) mass is 283 g/mol. The van der Waals surface area contributed by atoms with Crippen molar-refractivity contribution in [1.82, 2.24) is 8.75 Å². The van der Waals surface area contributed by atoms with Crippen LogP contribution in [0.2, 0.25) is 5.02 Å². The molecule has 1 aromatic heterocycles. The number of halogens is 1. The molecule has 6 heteroatoms. The van der Waals surface area contributed by atoms with Crippen molar-refractivity contribution in [1.29, 1.82) is 0 Å². The van der Waals surface area contributed by atoms with E-state index in [0.717, 1.165) is 42.7 Å². The van der Waals surface area contributed by atoms with Crippen molar-refractivity contribution in [3.05, 3.63) is 17.2 Å². The van der Waals surface area contributed by atoms with Gasteiger partial charge in [0.1, 0.15) is 11.0 Å². The zero-order chi connectivity index (χ0) is 12.4. The van der Waals surface area contributed by atoms with Crippen molar-refractivity contribution >= 4 is 40.0 Å². The quantitative estimate of drug-likeness (QED) is 0.935. The summed E-state index contributed by atoms with van der Waals surface area (Å²) in [5.74, 6) is 0. The van der Waals surface area contributed by atoms with Gasteiger partial charge in [-0.15, -0.1) is 0 Å². The van der Waals surface area contributed by atoms with Gasteiger partial charge in [-0.05, 0) is 31.4 Å². The molecular formula is C12H14ClN3OS. The van der Waals surface area contributed by atoms with E-state index in [1.54, 1.807) is 0 Å². The maximum Gasteiger partial charge on any atom is 0.129 e. The van der Waals surface area contributed by atoms with Gasteiger partial charge in [-0.25, -0.2) is 0 Å². The SMILES string of the molecule is Clc1ccc2nsnc2c1NCCC1CCCO1. The first kappa shape index (κ1) is 12.1. The molecule has 2 aromatic rings. The minimum absolute atomic E-state index is 0.393. The van der Waals surface area contributed by atoms with Crippen molar-refractivity contribution in [2.24, 2.45) is 0 Å². The standard InChI is InChI=1S/C12H14ClN3OS/c13-9-3-4-10-12(16-18-15-10)11(9)14-6-5-8-2-1-7-17-8/h3-4,8,14H,1-2,5-7H2. The molecule has 1 N–H and O–H groups in total. The van der Waals surface area contributed by atoms with Gasteiger partial charge >= 0.3 is 0 Å². The molecule has 2 heterocycles. The van der Waals surface area contributed by atoms with Crippen LogP contribution in [0.1, 0.15) is 19.3 Å². The lowest BCUT2D eigenvalue weighted by atomic mass is 10.2. The smallest absolute Gasteiger partial charge is 0.129 e. The third kappa shape index (κ3) is 2.43. The highest BCUT2D eigenvalue weighted by Crippen LogP contribution is 2.30. The Balaban J connectivity index is 1.69. The Morgan fingerprint density at radius 2 is 2.39 bits per heavy atom. The van der Waals surface area contributed by atoms with Crippen LogP contribution < -0.4 is 5.32 Å². The number of ether oxygens (including phenoxy) is 1. The van der Waals surface area contributed by atoms with E-state index in [0.29, 0.717) is 11.1 Å². The first-order chi connectivity index (χ1) is 8.84. The lowest BCUT2D eigenvalue weighted by Crippen LogP contribution is -2.12. The Morgan fingerprint density at radius 3 is 3.22 bits per heavy atom. The molecule has 1 atom stereocenters. The Bertz CT molecular complexity index is 539. The van der Waals surface area contributed by atoms with Crippen LogP contribution >= 0.6 is 23.3 Å². The zero-order valence-corrected chi connectivity index (χ0v) is 11.4. The van der Waals surface area contributed by atoms with E-state index < -0.39 is 0 Å². The highest BCUT2D eigenvalue weighted by molar-refractivity contribution is 7.00. The van der Waals surface area contributed by atoms with E-state index in [-0.39, 0.29) is 0 Å². The highest BCUT2D eigenvalue weighted by Gasteiger charge is 2.15. The average molecular weight is 284 g/mol. The second-order valence-corrected chi connectivity index (χ2v) is 5.34. The summed E-state index contributed by atoms with van der Waals surface area (Å²) in [5.41, 5.74) is 2.64. The molecule has 1 saturated heterocycles. The van der Waals surface area contributed by atoms with Crippen LogP contribution in [0.5, 0.6) is 0 Å². The average Bonchev–Trinajstić information content (AvgIpc) is 3.02. The lowest BCUT2D eigenvalue weighted by Gasteiger charge is -2.12. The van der Waals surface area contributed by atoms with E-state index in [1.807, 2.05) is 12.1 Å². The summed E-state index contributed by atoms with van der Waals surface area (Å²) >= 11 is 7.41. The minimum Gasteiger partial charge on any atom is -0.382 e.